The maximum absolute atomic E-state index is 13.8. The molecule has 1 unspecified atom stereocenters. The number of ether oxygens (including phenoxy) is 1. The molecule has 12 heteroatoms. The second kappa shape index (κ2) is 11.3. The van der Waals surface area contributed by atoms with Crippen LogP contribution in [0.1, 0.15) is 19.4 Å². The van der Waals surface area contributed by atoms with Crippen LogP contribution < -0.4 is 20.9 Å². The first-order valence-corrected chi connectivity index (χ1v) is 13.6. The van der Waals surface area contributed by atoms with E-state index < -0.39 is 33.3 Å². The number of anilines is 2. The predicted molar refractivity (Wildman–Crippen MR) is 142 cm³/mol. The van der Waals surface area contributed by atoms with Gasteiger partial charge in [-0.3, -0.25) is 4.79 Å². The summed E-state index contributed by atoms with van der Waals surface area (Å²) in [7, 11) is -3.58. The molecule has 1 aliphatic rings. The minimum absolute atomic E-state index is 0.0477. The van der Waals surface area contributed by atoms with Crippen molar-refractivity contribution in [3.05, 3.63) is 88.4 Å². The molecule has 1 aromatic heterocycles. The zero-order chi connectivity index (χ0) is 27.4. The van der Waals surface area contributed by atoms with E-state index in [-0.39, 0.29) is 43.4 Å². The van der Waals surface area contributed by atoms with Gasteiger partial charge in [-0.2, -0.15) is 14.1 Å². The van der Waals surface area contributed by atoms with E-state index in [0.717, 1.165) is 16.8 Å². The van der Waals surface area contributed by atoms with Crippen LogP contribution in [0.4, 0.5) is 20.2 Å². The van der Waals surface area contributed by atoms with Gasteiger partial charge in [-0.1, -0.05) is 18.2 Å². The van der Waals surface area contributed by atoms with Crippen LogP contribution >= 0.6 is 0 Å². The van der Waals surface area contributed by atoms with Crippen LogP contribution in [0.15, 0.2) is 65.6 Å². The first-order valence-electron chi connectivity index (χ1n) is 12.0. The molecule has 0 saturated carbocycles. The van der Waals surface area contributed by atoms with Gasteiger partial charge in [-0.25, -0.2) is 17.2 Å². The van der Waals surface area contributed by atoms with Crippen molar-refractivity contribution in [2.75, 3.05) is 36.8 Å². The molecular weight excluding hydrogens is 516 g/mol. The van der Waals surface area contributed by atoms with Crippen LogP contribution in [0.2, 0.25) is 0 Å². The Kier molecular flexibility index (Phi) is 8.12. The Morgan fingerprint density at radius 1 is 1.08 bits per heavy atom. The fourth-order valence-corrected chi connectivity index (χ4v) is 5.75. The first-order chi connectivity index (χ1) is 18.1. The lowest BCUT2D eigenvalue weighted by Gasteiger charge is -2.36. The van der Waals surface area contributed by atoms with E-state index >= 15 is 0 Å². The molecule has 2 N–H and O–H groups in total. The monoisotopic (exact) mass is 545 g/mol. The molecule has 1 saturated heterocycles. The minimum atomic E-state index is -3.58. The van der Waals surface area contributed by atoms with Crippen LogP contribution in [0.25, 0.3) is 5.69 Å². The average molecular weight is 546 g/mol. The van der Waals surface area contributed by atoms with Crippen LogP contribution in [-0.4, -0.2) is 54.8 Å². The maximum atomic E-state index is 13.8. The number of piperazine rings is 1. The van der Waals surface area contributed by atoms with Gasteiger partial charge in [0.1, 0.15) is 23.4 Å². The van der Waals surface area contributed by atoms with Gasteiger partial charge in [-0.05, 0) is 49.8 Å². The van der Waals surface area contributed by atoms with Crippen LogP contribution in [0.3, 0.4) is 0 Å². The summed E-state index contributed by atoms with van der Waals surface area (Å²) in [5.74, 6) is -1.89. The Morgan fingerprint density at radius 2 is 1.71 bits per heavy atom. The second-order valence-corrected chi connectivity index (χ2v) is 10.9. The fourth-order valence-electron chi connectivity index (χ4n) is 4.23. The zero-order valence-electron chi connectivity index (χ0n) is 21.0. The molecule has 2 aromatic carbocycles. The van der Waals surface area contributed by atoms with E-state index in [0.29, 0.717) is 23.0 Å². The highest BCUT2D eigenvalue weighted by Gasteiger charge is 2.30. The van der Waals surface area contributed by atoms with Gasteiger partial charge in [0.05, 0.1) is 17.6 Å². The fraction of sp³-hybridized carbons (Fsp3) is 0.308. The van der Waals surface area contributed by atoms with Gasteiger partial charge in [0, 0.05) is 37.9 Å². The molecule has 3 aromatic rings. The molecule has 38 heavy (non-hydrogen) atoms. The predicted octanol–water partition coefficient (Wildman–Crippen LogP) is 3.09. The molecule has 9 nitrogen and oxygen atoms in total. The van der Waals surface area contributed by atoms with E-state index in [4.69, 9.17) is 10.5 Å². The van der Waals surface area contributed by atoms with Gasteiger partial charge in [-0.15, -0.1) is 0 Å². The highest BCUT2D eigenvalue weighted by atomic mass is 32.2. The normalized spacial score (nSPS) is 15.6. The van der Waals surface area contributed by atoms with Crippen molar-refractivity contribution in [1.29, 1.82) is 0 Å². The number of nitrogens with zero attached hydrogens (tertiary/aromatic N) is 4. The third-order valence-corrected chi connectivity index (χ3v) is 7.93. The molecule has 2 heterocycles. The summed E-state index contributed by atoms with van der Waals surface area (Å²) in [5.41, 5.74) is 6.47. The number of allylic oxidation sites excluding steroid dienone is 1. The number of benzene rings is 2. The molecule has 1 atom stereocenters. The van der Waals surface area contributed by atoms with E-state index in [1.54, 1.807) is 43.3 Å². The number of halogens is 2. The lowest BCUT2D eigenvalue weighted by atomic mass is 10.2. The SMILES string of the molecule is C/C=C/C(C)Oc1c(N2CCN(S(=O)(=O)Cc3ccc(N)cc3)CC2)cnn(-c2cc(F)cc(F)c2)c1=O. The van der Waals surface area contributed by atoms with Crippen molar-refractivity contribution in [2.24, 2.45) is 0 Å². The standard InChI is InChI=1S/C26H29F2N5O4S/c1-3-4-18(2)37-25-24(16-30-33(26(25)34)23-14-20(27)13-21(28)15-23)31-9-11-32(12-10-31)38(35,36)17-19-5-7-22(29)8-6-19/h3-8,13-16,18H,9-12,17,29H2,1-2H3/b4-3+. The van der Waals surface area contributed by atoms with Crippen LogP contribution in [0.5, 0.6) is 5.75 Å². The summed E-state index contributed by atoms with van der Waals surface area (Å²) in [5, 5.41) is 4.14. The van der Waals surface area contributed by atoms with Crippen molar-refractivity contribution in [3.8, 4) is 11.4 Å². The molecular formula is C26H29F2N5O4S. The number of nitrogens with two attached hydrogens (primary N) is 1. The number of aromatic nitrogens is 2. The third kappa shape index (κ3) is 6.20. The highest BCUT2D eigenvalue weighted by Crippen LogP contribution is 2.27. The van der Waals surface area contributed by atoms with Gasteiger partial charge in [0.2, 0.25) is 15.8 Å². The smallest absolute Gasteiger partial charge is 0.316 e. The largest absolute Gasteiger partial charge is 0.479 e. The van der Waals surface area contributed by atoms with E-state index in [2.05, 4.69) is 5.10 Å². The summed E-state index contributed by atoms with van der Waals surface area (Å²) in [6, 6.07) is 9.39. The van der Waals surface area contributed by atoms with Crippen molar-refractivity contribution in [3.63, 3.8) is 0 Å². The molecule has 1 aliphatic heterocycles. The molecule has 0 aliphatic carbocycles. The number of rotatable bonds is 8. The topological polar surface area (TPSA) is 111 Å². The number of sulfonamides is 1. The number of nitrogen functional groups attached to an aromatic ring is 1. The van der Waals surface area contributed by atoms with Crippen molar-refractivity contribution in [1.82, 2.24) is 14.1 Å². The Hall–Kier alpha value is -3.77. The molecule has 4 rings (SSSR count). The van der Waals surface area contributed by atoms with Crippen molar-refractivity contribution >= 4 is 21.4 Å². The Morgan fingerprint density at radius 3 is 2.32 bits per heavy atom. The molecule has 0 radical (unpaired) electrons. The average Bonchev–Trinajstić information content (AvgIpc) is 2.86. The minimum Gasteiger partial charge on any atom is -0.479 e. The van der Waals surface area contributed by atoms with Crippen molar-refractivity contribution < 1.29 is 21.9 Å². The molecule has 202 valence electrons. The lowest BCUT2D eigenvalue weighted by Crippen LogP contribution is -2.49. The second-order valence-electron chi connectivity index (χ2n) is 8.94. The quantitative estimate of drug-likeness (QED) is 0.342. The maximum Gasteiger partial charge on any atom is 0.316 e. The van der Waals surface area contributed by atoms with Gasteiger partial charge >= 0.3 is 5.56 Å². The van der Waals surface area contributed by atoms with Gasteiger partial charge < -0.3 is 15.4 Å². The van der Waals surface area contributed by atoms with Gasteiger partial charge in [0.15, 0.2) is 0 Å². The Labute approximate surface area is 219 Å². The number of hydrogen-bond donors (Lipinski definition) is 1. The Bertz CT molecular complexity index is 1460. The Balaban J connectivity index is 1.59. The summed E-state index contributed by atoms with van der Waals surface area (Å²) in [6.07, 6.45) is 4.43. The van der Waals surface area contributed by atoms with Gasteiger partial charge in [0.25, 0.3) is 0 Å². The van der Waals surface area contributed by atoms with Crippen LogP contribution in [0, 0.1) is 11.6 Å². The molecule has 1 fully saturated rings. The van der Waals surface area contributed by atoms with E-state index in [9.17, 15) is 22.0 Å². The lowest BCUT2D eigenvalue weighted by molar-refractivity contribution is 0.263. The van der Waals surface area contributed by atoms with E-state index in [1.165, 1.54) is 10.5 Å². The van der Waals surface area contributed by atoms with Crippen LogP contribution in [-0.2, 0) is 15.8 Å². The summed E-state index contributed by atoms with van der Waals surface area (Å²) < 4.78 is 61.9. The summed E-state index contributed by atoms with van der Waals surface area (Å²) in [4.78, 5) is 15.2. The summed E-state index contributed by atoms with van der Waals surface area (Å²) >= 11 is 0. The molecule has 0 bridgehead atoms. The first kappa shape index (κ1) is 27.3. The third-order valence-electron chi connectivity index (χ3n) is 6.08. The van der Waals surface area contributed by atoms with Crippen molar-refractivity contribution in [2.45, 2.75) is 25.7 Å². The highest BCUT2D eigenvalue weighted by molar-refractivity contribution is 7.88. The summed E-state index contributed by atoms with van der Waals surface area (Å²) in [6.45, 7) is 4.52. The number of hydrogen-bond acceptors (Lipinski definition) is 7. The molecule has 0 spiro atoms. The zero-order valence-corrected chi connectivity index (χ0v) is 21.9. The molecule has 0 amide bonds. The van der Waals surface area contributed by atoms with E-state index in [1.807, 2.05) is 11.8 Å².